The van der Waals surface area contributed by atoms with Crippen LogP contribution >= 0.6 is 0 Å². The molecule has 1 saturated heterocycles. The van der Waals surface area contributed by atoms with Crippen molar-refractivity contribution in [3.63, 3.8) is 0 Å². The molecule has 0 unspecified atom stereocenters. The van der Waals surface area contributed by atoms with Crippen LogP contribution in [0, 0.1) is 0 Å². The highest BCUT2D eigenvalue weighted by Crippen LogP contribution is 2.23. The maximum Gasteiger partial charge on any atom is 0.279 e. The van der Waals surface area contributed by atoms with Gasteiger partial charge >= 0.3 is 0 Å². The first kappa shape index (κ1) is 11.1. The fourth-order valence-corrected chi connectivity index (χ4v) is 1.76. The van der Waals surface area contributed by atoms with Crippen LogP contribution in [-0.4, -0.2) is 30.4 Å². The Morgan fingerprint density at radius 1 is 1.44 bits per heavy atom. The number of nitrogens with zero attached hydrogens (tertiary/aromatic N) is 1. The normalized spacial score (nSPS) is 24.8. The molecular weight excluding hydrogens is 206 g/mol. The second-order valence-electron chi connectivity index (χ2n) is 3.84. The topological polar surface area (TPSA) is 38.8 Å². The van der Waals surface area contributed by atoms with Crippen molar-refractivity contribution < 1.29 is 14.4 Å². The summed E-state index contributed by atoms with van der Waals surface area (Å²) in [5.41, 5.74) is 0.610. The van der Waals surface area contributed by atoms with Crippen LogP contribution in [-0.2, 0) is 9.57 Å². The standard InChI is InChI=1S/C12H15NO3/c1-9-8-11(15-2)13(16-9)12(14)10-6-4-3-5-7-10/h3-7,9,11H,8H2,1-2H3/t9-,11+/m1/s1. The average Bonchev–Trinajstić information content (AvgIpc) is 2.70. The van der Waals surface area contributed by atoms with Gasteiger partial charge in [-0.3, -0.25) is 9.63 Å². The van der Waals surface area contributed by atoms with E-state index in [-0.39, 0.29) is 18.2 Å². The van der Waals surface area contributed by atoms with Crippen molar-refractivity contribution in [1.82, 2.24) is 5.06 Å². The average molecular weight is 221 g/mol. The number of hydrogen-bond donors (Lipinski definition) is 0. The molecule has 1 aromatic rings. The minimum Gasteiger partial charge on any atom is -0.359 e. The molecule has 1 fully saturated rings. The highest BCUT2D eigenvalue weighted by atomic mass is 16.7. The summed E-state index contributed by atoms with van der Waals surface area (Å²) in [7, 11) is 1.58. The molecule has 0 N–H and O–H groups in total. The van der Waals surface area contributed by atoms with Gasteiger partial charge in [-0.2, -0.15) is 5.06 Å². The minimum atomic E-state index is -0.289. The highest BCUT2D eigenvalue weighted by molar-refractivity contribution is 5.93. The van der Waals surface area contributed by atoms with Crippen LogP contribution < -0.4 is 0 Å². The number of ether oxygens (including phenoxy) is 1. The van der Waals surface area contributed by atoms with Gasteiger partial charge in [0.25, 0.3) is 5.91 Å². The van der Waals surface area contributed by atoms with E-state index in [0.29, 0.717) is 12.0 Å². The fraction of sp³-hybridized carbons (Fsp3) is 0.417. The van der Waals surface area contributed by atoms with Crippen LogP contribution in [0.5, 0.6) is 0 Å². The van der Waals surface area contributed by atoms with Gasteiger partial charge < -0.3 is 4.74 Å². The lowest BCUT2D eigenvalue weighted by molar-refractivity contribution is -0.167. The van der Waals surface area contributed by atoms with E-state index in [1.807, 2.05) is 25.1 Å². The van der Waals surface area contributed by atoms with Gasteiger partial charge in [-0.05, 0) is 19.1 Å². The number of carbonyl (C=O) groups is 1. The largest absolute Gasteiger partial charge is 0.359 e. The fourth-order valence-electron chi connectivity index (χ4n) is 1.76. The lowest BCUT2D eigenvalue weighted by Crippen LogP contribution is -2.35. The molecule has 1 aromatic carbocycles. The molecule has 0 aromatic heterocycles. The summed E-state index contributed by atoms with van der Waals surface area (Å²) >= 11 is 0. The van der Waals surface area contributed by atoms with Gasteiger partial charge in [-0.15, -0.1) is 0 Å². The van der Waals surface area contributed by atoms with E-state index in [2.05, 4.69) is 0 Å². The maximum atomic E-state index is 12.1. The monoisotopic (exact) mass is 221 g/mol. The Morgan fingerprint density at radius 3 is 2.75 bits per heavy atom. The molecule has 4 nitrogen and oxygen atoms in total. The molecule has 2 rings (SSSR count). The Kier molecular flexibility index (Phi) is 3.22. The number of hydroxylamine groups is 2. The molecule has 0 saturated carbocycles. The van der Waals surface area contributed by atoms with E-state index < -0.39 is 0 Å². The summed E-state index contributed by atoms with van der Waals surface area (Å²) in [6.07, 6.45) is 0.426. The molecule has 1 heterocycles. The molecular formula is C12H15NO3. The van der Waals surface area contributed by atoms with Crippen LogP contribution in [0.1, 0.15) is 23.7 Å². The van der Waals surface area contributed by atoms with Crippen LogP contribution in [0.2, 0.25) is 0 Å². The van der Waals surface area contributed by atoms with Crippen molar-refractivity contribution in [2.75, 3.05) is 7.11 Å². The number of benzene rings is 1. The first-order valence-corrected chi connectivity index (χ1v) is 5.30. The predicted molar refractivity (Wildman–Crippen MR) is 58.6 cm³/mol. The van der Waals surface area contributed by atoms with Gasteiger partial charge in [-0.25, -0.2) is 0 Å². The van der Waals surface area contributed by atoms with Crippen LogP contribution in [0.3, 0.4) is 0 Å². The molecule has 0 aliphatic carbocycles. The number of hydrogen-bond acceptors (Lipinski definition) is 3. The molecule has 1 aliphatic rings. The zero-order valence-electron chi connectivity index (χ0n) is 9.42. The minimum absolute atomic E-state index is 0.0117. The van der Waals surface area contributed by atoms with Crippen molar-refractivity contribution in [3.05, 3.63) is 35.9 Å². The second-order valence-corrected chi connectivity index (χ2v) is 3.84. The third kappa shape index (κ3) is 2.08. The Labute approximate surface area is 94.7 Å². The van der Waals surface area contributed by atoms with Crippen LogP contribution in [0.25, 0.3) is 0 Å². The third-order valence-electron chi connectivity index (χ3n) is 2.58. The third-order valence-corrected chi connectivity index (χ3v) is 2.58. The van der Waals surface area contributed by atoms with Gasteiger partial charge in [0.1, 0.15) is 0 Å². The van der Waals surface area contributed by atoms with Crippen molar-refractivity contribution in [1.29, 1.82) is 0 Å². The Hall–Kier alpha value is -1.39. The molecule has 0 bridgehead atoms. The van der Waals surface area contributed by atoms with Gasteiger partial charge in [0.05, 0.1) is 6.10 Å². The zero-order valence-corrected chi connectivity index (χ0v) is 9.42. The Balaban J connectivity index is 2.16. The van der Waals surface area contributed by atoms with Gasteiger partial charge in [-0.1, -0.05) is 18.2 Å². The first-order valence-electron chi connectivity index (χ1n) is 5.30. The molecule has 0 spiro atoms. The summed E-state index contributed by atoms with van der Waals surface area (Å²) in [6.45, 7) is 1.92. The van der Waals surface area contributed by atoms with E-state index in [0.717, 1.165) is 0 Å². The van der Waals surface area contributed by atoms with Gasteiger partial charge in [0.2, 0.25) is 0 Å². The summed E-state index contributed by atoms with van der Waals surface area (Å²) < 4.78 is 5.22. The molecule has 2 atom stereocenters. The van der Waals surface area contributed by atoms with Crippen molar-refractivity contribution in [2.24, 2.45) is 0 Å². The molecule has 4 heteroatoms. The molecule has 0 radical (unpaired) electrons. The van der Waals surface area contributed by atoms with Crippen molar-refractivity contribution >= 4 is 5.91 Å². The summed E-state index contributed by atoms with van der Waals surface area (Å²) in [5.74, 6) is -0.156. The Bertz CT molecular complexity index is 366. The second kappa shape index (κ2) is 4.63. The molecule has 1 amide bonds. The number of methoxy groups -OCH3 is 1. The van der Waals surface area contributed by atoms with E-state index in [1.165, 1.54) is 5.06 Å². The predicted octanol–water partition coefficient (Wildman–Crippen LogP) is 1.83. The summed E-state index contributed by atoms with van der Waals surface area (Å²) in [5, 5.41) is 1.32. The maximum absolute atomic E-state index is 12.1. The Morgan fingerprint density at radius 2 is 2.12 bits per heavy atom. The van der Waals surface area contributed by atoms with E-state index in [9.17, 15) is 4.79 Å². The summed E-state index contributed by atoms with van der Waals surface area (Å²) in [4.78, 5) is 17.5. The van der Waals surface area contributed by atoms with Crippen LogP contribution in [0.4, 0.5) is 0 Å². The lowest BCUT2D eigenvalue weighted by Gasteiger charge is -2.21. The molecule has 16 heavy (non-hydrogen) atoms. The zero-order chi connectivity index (χ0) is 11.5. The van der Waals surface area contributed by atoms with Crippen LogP contribution in [0.15, 0.2) is 30.3 Å². The lowest BCUT2D eigenvalue weighted by atomic mass is 10.2. The highest BCUT2D eigenvalue weighted by Gasteiger charge is 2.35. The number of carbonyl (C=O) groups excluding carboxylic acids is 1. The number of rotatable bonds is 2. The SMILES string of the molecule is CO[C@H]1C[C@@H](C)ON1C(=O)c1ccccc1. The van der Waals surface area contributed by atoms with Gasteiger partial charge in [0.15, 0.2) is 6.23 Å². The molecule has 1 aliphatic heterocycles. The van der Waals surface area contributed by atoms with Crippen molar-refractivity contribution in [2.45, 2.75) is 25.7 Å². The van der Waals surface area contributed by atoms with E-state index in [1.54, 1.807) is 19.2 Å². The molecule has 86 valence electrons. The first-order chi connectivity index (χ1) is 7.72. The number of amides is 1. The quantitative estimate of drug-likeness (QED) is 0.764. The van der Waals surface area contributed by atoms with E-state index >= 15 is 0 Å². The smallest absolute Gasteiger partial charge is 0.279 e. The van der Waals surface area contributed by atoms with Crippen molar-refractivity contribution in [3.8, 4) is 0 Å². The van der Waals surface area contributed by atoms with Gasteiger partial charge in [0, 0.05) is 19.1 Å². The summed E-state index contributed by atoms with van der Waals surface area (Å²) in [6, 6.07) is 9.06. The van der Waals surface area contributed by atoms with E-state index in [4.69, 9.17) is 9.57 Å².